The quantitative estimate of drug-likeness (QED) is 0.591. The summed E-state index contributed by atoms with van der Waals surface area (Å²) in [6.45, 7) is 8.40. The van der Waals surface area contributed by atoms with Crippen molar-refractivity contribution < 1.29 is 8.78 Å². The van der Waals surface area contributed by atoms with E-state index in [2.05, 4.69) is 39.7 Å². The summed E-state index contributed by atoms with van der Waals surface area (Å²) in [5.41, 5.74) is 1.02. The lowest BCUT2D eigenvalue weighted by molar-refractivity contribution is -0.0109. The highest BCUT2D eigenvalue weighted by Crippen LogP contribution is 2.43. The number of thiophene rings is 1. The molecule has 0 amide bonds. The van der Waals surface area contributed by atoms with Crippen molar-refractivity contribution in [1.29, 1.82) is 0 Å². The number of anilines is 1. The molecule has 4 nitrogen and oxygen atoms in total. The van der Waals surface area contributed by atoms with E-state index < -0.39 is 11.6 Å². The monoisotopic (exact) mass is 428 g/mol. The Bertz CT molecular complexity index is 1060. The maximum atomic E-state index is 13.5. The maximum absolute atomic E-state index is 13.5. The molecular weight excluding hydrogens is 402 g/mol. The van der Waals surface area contributed by atoms with Gasteiger partial charge in [0.15, 0.2) is 0 Å². The van der Waals surface area contributed by atoms with Crippen LogP contribution in [0.2, 0.25) is 0 Å². The summed E-state index contributed by atoms with van der Waals surface area (Å²) in [7, 11) is 0. The Morgan fingerprint density at radius 2 is 1.87 bits per heavy atom. The van der Waals surface area contributed by atoms with Crippen molar-refractivity contribution in [3.8, 4) is 0 Å². The first-order valence-electron chi connectivity index (χ1n) is 10.6. The minimum absolute atomic E-state index is 0.264. The number of aryl methyl sites for hydroxylation is 1. The lowest BCUT2D eigenvalue weighted by Crippen LogP contribution is -2.60. The van der Waals surface area contributed by atoms with Gasteiger partial charge < -0.3 is 4.90 Å². The second kappa shape index (κ2) is 7.54. The first kappa shape index (κ1) is 19.8. The highest BCUT2D eigenvalue weighted by atomic mass is 32.1. The van der Waals surface area contributed by atoms with Gasteiger partial charge in [0.1, 0.15) is 28.6 Å². The fraction of sp³-hybridized carbons (Fsp3) is 0.478. The van der Waals surface area contributed by atoms with Gasteiger partial charge in [-0.25, -0.2) is 18.7 Å². The summed E-state index contributed by atoms with van der Waals surface area (Å²) in [6, 6.07) is 6.32. The Kier molecular flexibility index (Phi) is 4.98. The zero-order valence-electron chi connectivity index (χ0n) is 17.4. The van der Waals surface area contributed by atoms with Crippen molar-refractivity contribution in [3.63, 3.8) is 0 Å². The van der Waals surface area contributed by atoms with Crippen LogP contribution in [0.4, 0.5) is 14.6 Å². The van der Waals surface area contributed by atoms with E-state index in [1.54, 1.807) is 17.7 Å². The van der Waals surface area contributed by atoms with Gasteiger partial charge in [0, 0.05) is 48.6 Å². The molecule has 1 atom stereocenters. The summed E-state index contributed by atoms with van der Waals surface area (Å²) >= 11 is 1.76. The van der Waals surface area contributed by atoms with Crippen LogP contribution >= 0.6 is 11.3 Å². The molecule has 2 fully saturated rings. The topological polar surface area (TPSA) is 32.3 Å². The molecule has 2 aliphatic heterocycles. The number of benzene rings is 1. The zero-order chi connectivity index (χ0) is 20.9. The molecule has 2 aromatic heterocycles. The van der Waals surface area contributed by atoms with E-state index in [-0.39, 0.29) is 6.04 Å². The van der Waals surface area contributed by atoms with E-state index in [9.17, 15) is 8.78 Å². The lowest BCUT2D eigenvalue weighted by Gasteiger charge is -2.51. The molecule has 4 heterocycles. The number of rotatable bonds is 5. The zero-order valence-corrected chi connectivity index (χ0v) is 18.2. The molecule has 0 radical (unpaired) electrons. The van der Waals surface area contributed by atoms with Crippen LogP contribution in [0.5, 0.6) is 0 Å². The molecule has 3 aromatic rings. The Morgan fingerprint density at radius 3 is 2.60 bits per heavy atom. The Hall–Kier alpha value is -2.12. The van der Waals surface area contributed by atoms with E-state index in [0.717, 1.165) is 61.3 Å². The van der Waals surface area contributed by atoms with Gasteiger partial charge in [0.05, 0.1) is 5.39 Å². The molecule has 0 saturated carbocycles. The van der Waals surface area contributed by atoms with Crippen molar-refractivity contribution in [3.05, 3.63) is 52.7 Å². The molecule has 0 aliphatic carbocycles. The number of nitrogens with zero attached hydrogens (tertiary/aromatic N) is 4. The third kappa shape index (κ3) is 3.58. The van der Waals surface area contributed by atoms with Crippen LogP contribution in [-0.2, 0) is 12.8 Å². The molecule has 30 heavy (non-hydrogen) atoms. The van der Waals surface area contributed by atoms with Crippen LogP contribution in [0, 0.1) is 17.0 Å². The van der Waals surface area contributed by atoms with Crippen LogP contribution in [0.3, 0.4) is 0 Å². The third-order valence-corrected chi connectivity index (χ3v) is 7.79. The van der Waals surface area contributed by atoms with Crippen molar-refractivity contribution in [2.75, 3.05) is 31.1 Å². The van der Waals surface area contributed by atoms with Gasteiger partial charge in [0.25, 0.3) is 0 Å². The van der Waals surface area contributed by atoms with Gasteiger partial charge in [-0.05, 0) is 49.9 Å². The summed E-state index contributed by atoms with van der Waals surface area (Å²) < 4.78 is 27.0. The van der Waals surface area contributed by atoms with Gasteiger partial charge in [-0.2, -0.15) is 0 Å². The summed E-state index contributed by atoms with van der Waals surface area (Å²) in [5.74, 6) is 0.0636. The molecule has 0 N–H and O–H groups in total. The standard InChI is InChI=1S/C23H26F2N4S/c1-3-19-10-20-21(26-14-27-22(20)30-19)28-5-4-23(11-28)12-29(13-23)15(2)6-16-7-17(24)9-18(25)8-16/h7-10,14-15H,3-6,11-13H2,1-2H3. The number of halogens is 2. The number of hydrogen-bond acceptors (Lipinski definition) is 5. The van der Waals surface area contributed by atoms with Crippen molar-refractivity contribution in [2.45, 2.75) is 39.2 Å². The first-order valence-corrected chi connectivity index (χ1v) is 11.4. The predicted octanol–water partition coefficient (Wildman–Crippen LogP) is 4.68. The Labute approximate surface area is 179 Å². The molecule has 0 bridgehead atoms. The van der Waals surface area contributed by atoms with Crippen molar-refractivity contribution >= 4 is 27.4 Å². The van der Waals surface area contributed by atoms with Crippen LogP contribution in [0.1, 0.15) is 30.7 Å². The second-order valence-corrected chi connectivity index (χ2v) is 10.0. The average molecular weight is 429 g/mol. The highest BCUT2D eigenvalue weighted by molar-refractivity contribution is 7.18. The summed E-state index contributed by atoms with van der Waals surface area (Å²) in [4.78, 5) is 16.4. The molecule has 2 aliphatic rings. The molecular formula is C23H26F2N4S. The SMILES string of the molecule is CCc1cc2c(N3CCC4(C3)CN(C(C)Cc3cc(F)cc(F)c3)C4)ncnc2s1. The fourth-order valence-corrected chi connectivity index (χ4v) is 5.95. The highest BCUT2D eigenvalue weighted by Gasteiger charge is 2.49. The minimum atomic E-state index is -0.500. The molecule has 158 valence electrons. The number of likely N-dealkylation sites (tertiary alicyclic amines) is 1. The first-order chi connectivity index (χ1) is 14.4. The van der Waals surface area contributed by atoms with E-state index in [4.69, 9.17) is 0 Å². The van der Waals surface area contributed by atoms with Gasteiger partial charge in [-0.15, -0.1) is 11.3 Å². The average Bonchev–Trinajstić information content (AvgIpc) is 3.30. The normalized spacial score (nSPS) is 19.5. The number of aromatic nitrogens is 2. The molecule has 1 aromatic carbocycles. The number of hydrogen-bond donors (Lipinski definition) is 0. The van der Waals surface area contributed by atoms with Crippen molar-refractivity contribution in [2.24, 2.45) is 5.41 Å². The van der Waals surface area contributed by atoms with Crippen LogP contribution in [0.25, 0.3) is 10.2 Å². The molecule has 2 saturated heterocycles. The van der Waals surface area contributed by atoms with E-state index in [0.29, 0.717) is 11.8 Å². The van der Waals surface area contributed by atoms with Crippen LogP contribution < -0.4 is 4.90 Å². The molecule has 1 spiro atoms. The summed E-state index contributed by atoms with van der Waals surface area (Å²) in [6.07, 6.45) is 4.52. The maximum Gasteiger partial charge on any atom is 0.140 e. The summed E-state index contributed by atoms with van der Waals surface area (Å²) in [5, 5.41) is 1.18. The van der Waals surface area contributed by atoms with E-state index in [1.165, 1.54) is 22.4 Å². The fourth-order valence-electron chi connectivity index (χ4n) is 5.02. The largest absolute Gasteiger partial charge is 0.355 e. The van der Waals surface area contributed by atoms with Crippen LogP contribution in [-0.4, -0.2) is 47.1 Å². The smallest absolute Gasteiger partial charge is 0.140 e. The Balaban J connectivity index is 1.24. The van der Waals surface area contributed by atoms with Gasteiger partial charge in [0.2, 0.25) is 0 Å². The van der Waals surface area contributed by atoms with E-state index >= 15 is 0 Å². The third-order valence-electron chi connectivity index (χ3n) is 6.60. The predicted molar refractivity (Wildman–Crippen MR) is 117 cm³/mol. The van der Waals surface area contributed by atoms with Gasteiger partial charge >= 0.3 is 0 Å². The number of fused-ring (bicyclic) bond motifs is 1. The van der Waals surface area contributed by atoms with E-state index in [1.807, 2.05) is 0 Å². The molecule has 5 rings (SSSR count). The second-order valence-electron chi connectivity index (χ2n) is 8.89. The van der Waals surface area contributed by atoms with Gasteiger partial charge in [-0.1, -0.05) is 6.92 Å². The molecule has 7 heteroatoms. The van der Waals surface area contributed by atoms with Crippen LogP contribution in [0.15, 0.2) is 30.6 Å². The van der Waals surface area contributed by atoms with Crippen molar-refractivity contribution in [1.82, 2.24) is 14.9 Å². The minimum Gasteiger partial charge on any atom is -0.355 e. The Morgan fingerprint density at radius 1 is 1.10 bits per heavy atom. The van der Waals surface area contributed by atoms with Gasteiger partial charge in [-0.3, -0.25) is 4.90 Å². The molecule has 1 unspecified atom stereocenters. The lowest BCUT2D eigenvalue weighted by atomic mass is 9.78.